The van der Waals surface area contributed by atoms with E-state index < -0.39 is 10.0 Å². The molecule has 0 fully saturated rings. The number of ketones is 1. The van der Waals surface area contributed by atoms with E-state index in [-0.39, 0.29) is 5.78 Å². The lowest BCUT2D eigenvalue weighted by Gasteiger charge is -2.09. The zero-order chi connectivity index (χ0) is 18.4. The normalized spacial score (nSPS) is 11.3. The minimum Gasteiger partial charge on any atom is -0.493 e. The molecule has 0 heterocycles. The van der Waals surface area contributed by atoms with Gasteiger partial charge in [-0.05, 0) is 42.5 Å². The number of para-hydroxylation sites is 1. The monoisotopic (exact) mass is 361 g/mol. The van der Waals surface area contributed by atoms with E-state index in [4.69, 9.17) is 9.47 Å². The largest absolute Gasteiger partial charge is 0.493 e. The van der Waals surface area contributed by atoms with Crippen LogP contribution in [0.2, 0.25) is 0 Å². The zero-order valence-electron chi connectivity index (χ0n) is 14.1. The molecule has 0 atom stereocenters. The quantitative estimate of drug-likeness (QED) is 0.606. The van der Waals surface area contributed by atoms with E-state index >= 15 is 0 Å². The summed E-state index contributed by atoms with van der Waals surface area (Å²) in [6.07, 6.45) is 4.14. The number of nitrogens with one attached hydrogen (secondary N) is 1. The molecule has 0 spiro atoms. The minimum absolute atomic E-state index is 0.212. The Morgan fingerprint density at radius 1 is 1.04 bits per heavy atom. The van der Waals surface area contributed by atoms with Crippen molar-refractivity contribution in [3.63, 3.8) is 0 Å². The molecule has 6 nitrogen and oxygen atoms in total. The number of carbonyl (C=O) groups excluding carboxylic acids is 1. The fraction of sp³-hybridized carbons (Fsp3) is 0.167. The molecule has 2 aromatic carbocycles. The Morgan fingerprint density at radius 2 is 1.72 bits per heavy atom. The van der Waals surface area contributed by atoms with Crippen LogP contribution in [0.4, 0.5) is 5.69 Å². The van der Waals surface area contributed by atoms with Gasteiger partial charge in [-0.25, -0.2) is 8.42 Å². The number of allylic oxidation sites excluding steroid dienone is 1. The molecule has 0 saturated heterocycles. The van der Waals surface area contributed by atoms with Gasteiger partial charge in [-0.15, -0.1) is 0 Å². The summed E-state index contributed by atoms with van der Waals surface area (Å²) in [7, 11) is -0.269. The third-order valence-electron chi connectivity index (χ3n) is 3.32. The molecular weight excluding hydrogens is 342 g/mol. The lowest BCUT2D eigenvalue weighted by molar-refractivity contribution is 0.104. The highest BCUT2D eigenvalue weighted by atomic mass is 32.2. The number of carbonyl (C=O) groups is 1. The molecule has 0 aliphatic carbocycles. The highest BCUT2D eigenvalue weighted by Gasteiger charge is 2.08. The van der Waals surface area contributed by atoms with Gasteiger partial charge in [0, 0.05) is 16.8 Å². The van der Waals surface area contributed by atoms with E-state index in [1.807, 2.05) is 6.07 Å². The van der Waals surface area contributed by atoms with E-state index in [0.29, 0.717) is 28.3 Å². The Morgan fingerprint density at radius 3 is 2.28 bits per heavy atom. The molecule has 0 amide bonds. The first kappa shape index (κ1) is 18.5. The molecular formula is C18H19NO5S. The number of methoxy groups -OCH3 is 2. The number of ether oxygens (including phenoxy) is 2. The smallest absolute Gasteiger partial charge is 0.229 e. The van der Waals surface area contributed by atoms with Gasteiger partial charge in [0.25, 0.3) is 0 Å². The topological polar surface area (TPSA) is 81.7 Å². The number of sulfonamides is 1. The molecule has 0 radical (unpaired) electrons. The summed E-state index contributed by atoms with van der Waals surface area (Å²) in [4.78, 5) is 12.3. The predicted molar refractivity (Wildman–Crippen MR) is 97.8 cm³/mol. The van der Waals surface area contributed by atoms with E-state index in [1.54, 1.807) is 37.5 Å². The molecule has 2 aromatic rings. The lowest BCUT2D eigenvalue weighted by atomic mass is 10.1. The predicted octanol–water partition coefficient (Wildman–Crippen LogP) is 2.97. The van der Waals surface area contributed by atoms with Crippen molar-refractivity contribution in [2.75, 3.05) is 25.2 Å². The van der Waals surface area contributed by atoms with Gasteiger partial charge >= 0.3 is 0 Å². The van der Waals surface area contributed by atoms with Crippen LogP contribution in [0.5, 0.6) is 11.5 Å². The van der Waals surface area contributed by atoms with Gasteiger partial charge in [0.2, 0.25) is 10.0 Å². The Hall–Kier alpha value is -2.80. The van der Waals surface area contributed by atoms with Crippen LogP contribution < -0.4 is 14.2 Å². The van der Waals surface area contributed by atoms with Crippen LogP contribution in [0.15, 0.2) is 48.5 Å². The van der Waals surface area contributed by atoms with Crippen LogP contribution in [0, 0.1) is 0 Å². The van der Waals surface area contributed by atoms with Crippen molar-refractivity contribution in [1.29, 1.82) is 0 Å². The Balaban J connectivity index is 2.18. The number of hydrogen-bond donors (Lipinski definition) is 1. The first-order valence-corrected chi connectivity index (χ1v) is 9.24. The molecule has 7 heteroatoms. The van der Waals surface area contributed by atoms with Gasteiger partial charge in [0.05, 0.1) is 20.5 Å². The highest BCUT2D eigenvalue weighted by molar-refractivity contribution is 7.92. The Labute approximate surface area is 147 Å². The summed E-state index contributed by atoms with van der Waals surface area (Å²) in [6.45, 7) is 0. The Kier molecular flexibility index (Phi) is 5.82. The van der Waals surface area contributed by atoms with Gasteiger partial charge in [0.1, 0.15) is 0 Å². The molecule has 0 aliphatic heterocycles. The van der Waals surface area contributed by atoms with Crippen molar-refractivity contribution in [2.45, 2.75) is 0 Å². The molecule has 132 valence electrons. The van der Waals surface area contributed by atoms with Crippen molar-refractivity contribution in [1.82, 2.24) is 0 Å². The van der Waals surface area contributed by atoms with Crippen LogP contribution in [-0.4, -0.2) is 34.7 Å². The average Bonchev–Trinajstić information content (AvgIpc) is 2.58. The van der Waals surface area contributed by atoms with Crippen LogP contribution >= 0.6 is 0 Å². The zero-order valence-corrected chi connectivity index (χ0v) is 15.0. The van der Waals surface area contributed by atoms with Crippen molar-refractivity contribution in [2.24, 2.45) is 0 Å². The average molecular weight is 361 g/mol. The number of benzene rings is 2. The lowest BCUT2D eigenvalue weighted by Crippen LogP contribution is -2.09. The summed E-state index contributed by atoms with van der Waals surface area (Å²) in [5.41, 5.74) is 1.56. The molecule has 0 bridgehead atoms. The number of hydrogen-bond acceptors (Lipinski definition) is 5. The summed E-state index contributed by atoms with van der Waals surface area (Å²) >= 11 is 0. The van der Waals surface area contributed by atoms with E-state index in [0.717, 1.165) is 6.26 Å². The second kappa shape index (κ2) is 7.85. The van der Waals surface area contributed by atoms with E-state index in [9.17, 15) is 13.2 Å². The maximum Gasteiger partial charge on any atom is 0.229 e. The van der Waals surface area contributed by atoms with Gasteiger partial charge < -0.3 is 9.47 Å². The molecule has 0 aromatic heterocycles. The highest BCUT2D eigenvalue weighted by Crippen LogP contribution is 2.31. The van der Waals surface area contributed by atoms with Gasteiger partial charge in [-0.1, -0.05) is 12.1 Å². The van der Waals surface area contributed by atoms with Crippen molar-refractivity contribution in [3.05, 3.63) is 59.7 Å². The standard InChI is InChI=1S/C18H19NO5S/c1-23-17-6-4-5-14(18(17)24-2)9-12-16(20)13-7-10-15(11-8-13)19-25(3,21)22/h4-12,19H,1-3H3/b12-9+. The number of rotatable bonds is 7. The molecule has 0 aliphatic rings. The van der Waals surface area contributed by atoms with Crippen LogP contribution in [0.25, 0.3) is 6.08 Å². The molecule has 0 saturated carbocycles. The fourth-order valence-corrected chi connectivity index (χ4v) is 2.79. The molecule has 2 rings (SSSR count). The first-order chi connectivity index (χ1) is 11.8. The fourth-order valence-electron chi connectivity index (χ4n) is 2.22. The SMILES string of the molecule is COc1cccc(/C=C/C(=O)c2ccc(NS(C)(=O)=O)cc2)c1OC. The van der Waals surface area contributed by atoms with Crippen LogP contribution in [-0.2, 0) is 10.0 Å². The summed E-state index contributed by atoms with van der Waals surface area (Å²) in [6, 6.07) is 11.6. The summed E-state index contributed by atoms with van der Waals surface area (Å²) in [5.74, 6) is 0.908. The summed E-state index contributed by atoms with van der Waals surface area (Å²) < 4.78 is 35.2. The maximum absolute atomic E-state index is 12.3. The first-order valence-electron chi connectivity index (χ1n) is 7.35. The summed E-state index contributed by atoms with van der Waals surface area (Å²) in [5, 5.41) is 0. The second-order valence-corrected chi connectivity index (χ2v) is 6.98. The van der Waals surface area contributed by atoms with Gasteiger partial charge in [0.15, 0.2) is 17.3 Å². The van der Waals surface area contributed by atoms with E-state index in [2.05, 4.69) is 4.72 Å². The molecule has 1 N–H and O–H groups in total. The van der Waals surface area contributed by atoms with Gasteiger partial charge in [-0.3, -0.25) is 9.52 Å². The van der Waals surface area contributed by atoms with E-state index in [1.165, 1.54) is 25.3 Å². The second-order valence-electron chi connectivity index (χ2n) is 5.23. The van der Waals surface area contributed by atoms with Gasteiger partial charge in [-0.2, -0.15) is 0 Å². The van der Waals surface area contributed by atoms with Crippen molar-refractivity contribution < 1.29 is 22.7 Å². The van der Waals surface area contributed by atoms with Crippen molar-refractivity contribution >= 4 is 27.6 Å². The number of anilines is 1. The molecule has 0 unspecified atom stereocenters. The third kappa shape index (κ3) is 5.09. The maximum atomic E-state index is 12.3. The van der Waals surface area contributed by atoms with Crippen LogP contribution in [0.3, 0.4) is 0 Å². The Bertz CT molecular complexity index is 886. The minimum atomic E-state index is -3.35. The molecule has 25 heavy (non-hydrogen) atoms. The third-order valence-corrected chi connectivity index (χ3v) is 3.93. The van der Waals surface area contributed by atoms with Crippen LogP contribution in [0.1, 0.15) is 15.9 Å². The van der Waals surface area contributed by atoms with Crippen molar-refractivity contribution in [3.8, 4) is 11.5 Å².